The summed E-state index contributed by atoms with van der Waals surface area (Å²) in [5, 5.41) is 0. The van der Waals surface area contributed by atoms with Gasteiger partial charge in [0.1, 0.15) is 16.6 Å². The number of hydrogen-bond donors (Lipinski definition) is 0. The summed E-state index contributed by atoms with van der Waals surface area (Å²) in [6.45, 7) is 0.410. The van der Waals surface area contributed by atoms with Crippen LogP contribution in [0.4, 0.5) is 0 Å². The summed E-state index contributed by atoms with van der Waals surface area (Å²) >= 11 is 3.20. The Morgan fingerprint density at radius 2 is 2.42 bits per heavy atom. The molecule has 0 aliphatic heterocycles. The van der Waals surface area contributed by atoms with E-state index in [1.165, 1.54) is 0 Å². The second-order valence-electron chi connectivity index (χ2n) is 2.12. The predicted octanol–water partition coefficient (Wildman–Crippen LogP) is 1.81. The zero-order chi connectivity index (χ0) is 8.81. The minimum Gasteiger partial charge on any atom is -0.492 e. The van der Waals surface area contributed by atoms with Crippen LogP contribution in [0.5, 0.6) is 5.75 Å². The molecule has 0 aliphatic rings. The fourth-order valence-electron chi connectivity index (χ4n) is 0.673. The van der Waals surface area contributed by atoms with Gasteiger partial charge in [0.05, 0.1) is 12.8 Å². The van der Waals surface area contributed by atoms with Gasteiger partial charge in [0.25, 0.3) is 0 Å². The zero-order valence-electron chi connectivity index (χ0n) is 6.37. The topological polar surface area (TPSA) is 39.2 Å². The Bertz CT molecular complexity index is 248. The van der Waals surface area contributed by atoms with E-state index in [2.05, 4.69) is 20.9 Å². The first-order valence-electron chi connectivity index (χ1n) is 3.51. The van der Waals surface area contributed by atoms with Crippen molar-refractivity contribution in [1.82, 2.24) is 4.98 Å². The van der Waals surface area contributed by atoms with Crippen molar-refractivity contribution in [3.63, 3.8) is 0 Å². The molecule has 0 unspecified atom stereocenters. The van der Waals surface area contributed by atoms with Gasteiger partial charge in [0, 0.05) is 6.42 Å². The molecular formula is C8H8BrNO2. The number of aromatic nitrogens is 1. The molecule has 4 heteroatoms. The molecule has 12 heavy (non-hydrogen) atoms. The Morgan fingerprint density at radius 1 is 1.58 bits per heavy atom. The summed E-state index contributed by atoms with van der Waals surface area (Å²) in [7, 11) is 0. The van der Waals surface area contributed by atoms with Crippen molar-refractivity contribution in [2.45, 2.75) is 6.42 Å². The number of halogens is 1. The van der Waals surface area contributed by atoms with E-state index in [0.717, 1.165) is 10.9 Å². The second-order valence-corrected chi connectivity index (χ2v) is 2.93. The maximum Gasteiger partial charge on any atom is 0.137 e. The van der Waals surface area contributed by atoms with Gasteiger partial charge in [-0.1, -0.05) is 0 Å². The number of ether oxygens (including phenoxy) is 1. The SMILES string of the molecule is O=CCCOc1ccc(Br)nc1. The number of rotatable bonds is 4. The van der Waals surface area contributed by atoms with E-state index in [0.29, 0.717) is 18.8 Å². The summed E-state index contributed by atoms with van der Waals surface area (Å²) in [5.41, 5.74) is 0. The first-order chi connectivity index (χ1) is 5.83. The lowest BCUT2D eigenvalue weighted by Crippen LogP contribution is -1.97. The van der Waals surface area contributed by atoms with Crippen molar-refractivity contribution in [2.75, 3.05) is 6.61 Å². The molecule has 0 radical (unpaired) electrons. The smallest absolute Gasteiger partial charge is 0.137 e. The fourth-order valence-corrected chi connectivity index (χ4v) is 0.907. The van der Waals surface area contributed by atoms with Crippen molar-refractivity contribution >= 4 is 22.2 Å². The summed E-state index contributed by atoms with van der Waals surface area (Å²) in [6, 6.07) is 3.58. The number of carbonyl (C=O) groups is 1. The van der Waals surface area contributed by atoms with Crippen LogP contribution in [-0.2, 0) is 4.79 Å². The average Bonchev–Trinajstić information content (AvgIpc) is 2.09. The number of nitrogens with zero attached hydrogens (tertiary/aromatic N) is 1. The maximum absolute atomic E-state index is 9.95. The van der Waals surface area contributed by atoms with Crippen molar-refractivity contribution in [1.29, 1.82) is 0 Å². The van der Waals surface area contributed by atoms with Crippen LogP contribution in [0, 0.1) is 0 Å². The summed E-state index contributed by atoms with van der Waals surface area (Å²) in [5.74, 6) is 0.681. The molecule has 1 aromatic rings. The van der Waals surface area contributed by atoms with Crippen LogP contribution in [0.2, 0.25) is 0 Å². The van der Waals surface area contributed by atoms with Gasteiger partial charge in [-0.3, -0.25) is 0 Å². The van der Waals surface area contributed by atoms with Crippen molar-refractivity contribution < 1.29 is 9.53 Å². The molecule has 64 valence electrons. The molecule has 0 fully saturated rings. The van der Waals surface area contributed by atoms with Gasteiger partial charge in [-0.2, -0.15) is 0 Å². The monoisotopic (exact) mass is 229 g/mol. The largest absolute Gasteiger partial charge is 0.492 e. The maximum atomic E-state index is 9.95. The van der Waals surface area contributed by atoms with Gasteiger partial charge in [-0.05, 0) is 28.1 Å². The minimum absolute atomic E-state index is 0.410. The molecule has 0 bridgehead atoms. The van der Waals surface area contributed by atoms with Gasteiger partial charge >= 0.3 is 0 Å². The molecule has 0 N–H and O–H groups in total. The van der Waals surface area contributed by atoms with Gasteiger partial charge in [0.15, 0.2) is 0 Å². The van der Waals surface area contributed by atoms with Gasteiger partial charge < -0.3 is 9.53 Å². The van der Waals surface area contributed by atoms with Crippen LogP contribution in [0.3, 0.4) is 0 Å². The quantitative estimate of drug-likeness (QED) is 0.449. The van der Waals surface area contributed by atoms with E-state index in [9.17, 15) is 4.79 Å². The van der Waals surface area contributed by atoms with Crippen LogP contribution in [0.15, 0.2) is 22.9 Å². The molecule has 0 amide bonds. The molecule has 0 atom stereocenters. The van der Waals surface area contributed by atoms with Crippen molar-refractivity contribution in [3.05, 3.63) is 22.9 Å². The number of hydrogen-bond acceptors (Lipinski definition) is 3. The highest BCUT2D eigenvalue weighted by molar-refractivity contribution is 9.10. The van der Waals surface area contributed by atoms with Crippen molar-refractivity contribution in [2.24, 2.45) is 0 Å². The summed E-state index contributed by atoms with van der Waals surface area (Å²) < 4.78 is 5.96. The Balaban J connectivity index is 2.42. The van der Waals surface area contributed by atoms with Crippen LogP contribution < -0.4 is 4.74 Å². The molecule has 1 rings (SSSR count). The highest BCUT2D eigenvalue weighted by Gasteiger charge is 1.92. The Hall–Kier alpha value is -0.900. The second kappa shape index (κ2) is 4.87. The third-order valence-electron chi connectivity index (χ3n) is 1.20. The first-order valence-corrected chi connectivity index (χ1v) is 4.30. The van der Waals surface area contributed by atoms with Crippen LogP contribution >= 0.6 is 15.9 Å². The van der Waals surface area contributed by atoms with E-state index < -0.39 is 0 Å². The lowest BCUT2D eigenvalue weighted by molar-refractivity contribution is -0.108. The number of pyridine rings is 1. The molecule has 0 saturated heterocycles. The molecule has 0 aliphatic carbocycles. The Labute approximate surface area is 78.9 Å². The standard InChI is InChI=1S/C8H8BrNO2/c9-8-3-2-7(6-10-8)12-5-1-4-11/h2-4,6H,1,5H2. The molecule has 3 nitrogen and oxygen atoms in total. The van der Waals surface area contributed by atoms with E-state index in [-0.39, 0.29) is 0 Å². The van der Waals surface area contributed by atoms with E-state index in [1.807, 2.05) is 0 Å². The zero-order valence-corrected chi connectivity index (χ0v) is 7.95. The van der Waals surface area contributed by atoms with Gasteiger partial charge in [0.2, 0.25) is 0 Å². The molecule has 0 spiro atoms. The molecule has 0 saturated carbocycles. The normalized spacial score (nSPS) is 9.42. The van der Waals surface area contributed by atoms with E-state index in [1.54, 1.807) is 18.3 Å². The number of carbonyl (C=O) groups excluding carboxylic acids is 1. The lowest BCUT2D eigenvalue weighted by atomic mass is 10.4. The van der Waals surface area contributed by atoms with Crippen molar-refractivity contribution in [3.8, 4) is 5.75 Å². The van der Waals surface area contributed by atoms with Crippen LogP contribution in [0.1, 0.15) is 6.42 Å². The Morgan fingerprint density at radius 3 is 3.00 bits per heavy atom. The average molecular weight is 230 g/mol. The Kier molecular flexibility index (Phi) is 3.73. The minimum atomic E-state index is 0.410. The first kappa shape index (κ1) is 9.19. The lowest BCUT2D eigenvalue weighted by Gasteiger charge is -2.01. The predicted molar refractivity (Wildman–Crippen MR) is 48.1 cm³/mol. The van der Waals surface area contributed by atoms with Gasteiger partial charge in [-0.25, -0.2) is 4.98 Å². The molecule has 1 aromatic heterocycles. The van der Waals surface area contributed by atoms with Crippen LogP contribution in [0.25, 0.3) is 0 Å². The van der Waals surface area contributed by atoms with Gasteiger partial charge in [-0.15, -0.1) is 0 Å². The fraction of sp³-hybridized carbons (Fsp3) is 0.250. The molecule has 1 heterocycles. The molecule has 0 aromatic carbocycles. The summed E-state index contributed by atoms with van der Waals surface area (Å²) in [6.07, 6.45) is 2.84. The highest BCUT2D eigenvalue weighted by atomic mass is 79.9. The highest BCUT2D eigenvalue weighted by Crippen LogP contribution is 2.12. The van der Waals surface area contributed by atoms with E-state index >= 15 is 0 Å². The summed E-state index contributed by atoms with van der Waals surface area (Å²) in [4.78, 5) is 13.9. The number of aldehydes is 1. The third-order valence-corrected chi connectivity index (χ3v) is 1.67. The van der Waals surface area contributed by atoms with Crippen LogP contribution in [-0.4, -0.2) is 17.9 Å². The van der Waals surface area contributed by atoms with E-state index in [4.69, 9.17) is 4.74 Å². The molecular weight excluding hydrogens is 222 g/mol. The third kappa shape index (κ3) is 3.00.